The number of benzene rings is 2. The number of urea groups is 1. The Bertz CT molecular complexity index is 1150. The summed E-state index contributed by atoms with van der Waals surface area (Å²) in [6.07, 6.45) is 1.48. The number of aryl methyl sites for hydroxylation is 1. The van der Waals surface area contributed by atoms with Crippen LogP contribution in [0.15, 0.2) is 53.1 Å². The highest BCUT2D eigenvalue weighted by molar-refractivity contribution is 6.08. The van der Waals surface area contributed by atoms with Crippen LogP contribution in [0.3, 0.4) is 0 Å². The lowest BCUT2D eigenvalue weighted by Gasteiger charge is -2.22. The third kappa shape index (κ3) is 3.26. The van der Waals surface area contributed by atoms with Crippen LogP contribution in [0, 0.1) is 6.92 Å². The van der Waals surface area contributed by atoms with Gasteiger partial charge in [-0.2, -0.15) is 5.01 Å². The van der Waals surface area contributed by atoms with Crippen molar-refractivity contribution < 1.29 is 23.5 Å². The molecule has 2 aromatic carbocycles. The normalized spacial score (nSPS) is 18.6. The van der Waals surface area contributed by atoms with Crippen molar-refractivity contribution in [3.8, 4) is 5.75 Å². The summed E-state index contributed by atoms with van der Waals surface area (Å²) in [6, 6.07) is 11.8. The molecule has 0 spiro atoms. The van der Waals surface area contributed by atoms with Gasteiger partial charge in [0.05, 0.1) is 19.8 Å². The van der Waals surface area contributed by atoms with Crippen molar-refractivity contribution in [3.63, 3.8) is 0 Å². The number of hydrogen-bond acceptors (Lipinski definition) is 5. The number of fused-ring (bicyclic) bond motifs is 1. The van der Waals surface area contributed by atoms with E-state index >= 15 is 0 Å². The molecule has 3 aromatic rings. The second-order valence-electron chi connectivity index (χ2n) is 7.40. The number of nitrogens with one attached hydrogen (secondary N) is 2. The lowest BCUT2D eigenvalue weighted by atomic mass is 9.92. The first kappa shape index (κ1) is 19.5. The topological polar surface area (TPSA) is 101 Å². The standard InChI is InChI=1S/C22H21N3O5/c1-13-4-9-17-14(12-30-18(17)10-13)11-19(26)24-25-20(27)22(2,23-21(25)28)15-5-7-16(29-3)8-6-15/h4-10,12H,11H2,1-3H3,(H,23,28)(H,24,26)/t22-/m1/s1. The van der Waals surface area contributed by atoms with Gasteiger partial charge in [-0.05, 0) is 43.2 Å². The minimum Gasteiger partial charge on any atom is -0.497 e. The average Bonchev–Trinajstić information content (AvgIpc) is 3.21. The van der Waals surface area contributed by atoms with Crippen LogP contribution >= 0.6 is 0 Å². The van der Waals surface area contributed by atoms with Crippen LogP contribution in [-0.2, 0) is 21.5 Å². The number of imide groups is 1. The van der Waals surface area contributed by atoms with Gasteiger partial charge >= 0.3 is 6.03 Å². The van der Waals surface area contributed by atoms with E-state index in [1.54, 1.807) is 38.3 Å². The molecule has 1 aromatic heterocycles. The Kier molecular flexibility index (Phi) is 4.69. The molecular formula is C22H21N3O5. The molecule has 1 atom stereocenters. The zero-order valence-corrected chi connectivity index (χ0v) is 16.8. The van der Waals surface area contributed by atoms with Crippen molar-refractivity contribution in [1.82, 2.24) is 15.8 Å². The summed E-state index contributed by atoms with van der Waals surface area (Å²) in [6.45, 7) is 3.54. The van der Waals surface area contributed by atoms with Gasteiger partial charge in [0.1, 0.15) is 16.9 Å². The first-order valence-corrected chi connectivity index (χ1v) is 9.39. The number of ether oxygens (including phenoxy) is 1. The van der Waals surface area contributed by atoms with Gasteiger partial charge in [-0.3, -0.25) is 15.0 Å². The first-order chi connectivity index (χ1) is 14.3. The highest BCUT2D eigenvalue weighted by Crippen LogP contribution is 2.29. The molecule has 1 aliphatic rings. The molecule has 0 aliphatic carbocycles. The summed E-state index contributed by atoms with van der Waals surface area (Å²) >= 11 is 0. The minimum atomic E-state index is -1.30. The zero-order chi connectivity index (χ0) is 21.5. The highest BCUT2D eigenvalue weighted by Gasteiger charge is 2.50. The van der Waals surface area contributed by atoms with Crippen LogP contribution in [0.5, 0.6) is 5.75 Å². The lowest BCUT2D eigenvalue weighted by molar-refractivity contribution is -0.138. The summed E-state index contributed by atoms with van der Waals surface area (Å²) in [7, 11) is 1.54. The van der Waals surface area contributed by atoms with Crippen molar-refractivity contribution in [2.75, 3.05) is 7.11 Å². The molecule has 2 heterocycles. The molecule has 1 saturated heterocycles. The quantitative estimate of drug-likeness (QED) is 0.634. The summed E-state index contributed by atoms with van der Waals surface area (Å²) in [4.78, 5) is 37.9. The summed E-state index contributed by atoms with van der Waals surface area (Å²) in [5.41, 5.74) is 4.09. The predicted octanol–water partition coefficient (Wildman–Crippen LogP) is 2.79. The van der Waals surface area contributed by atoms with Crippen LogP contribution in [0.4, 0.5) is 4.79 Å². The predicted molar refractivity (Wildman–Crippen MR) is 109 cm³/mol. The maximum atomic E-state index is 13.0. The van der Waals surface area contributed by atoms with E-state index in [4.69, 9.17) is 9.15 Å². The Morgan fingerprint density at radius 1 is 1.20 bits per heavy atom. The van der Waals surface area contributed by atoms with E-state index in [-0.39, 0.29) is 6.42 Å². The third-order valence-corrected chi connectivity index (χ3v) is 5.26. The number of nitrogens with zero attached hydrogens (tertiary/aromatic N) is 1. The number of furan rings is 1. The lowest BCUT2D eigenvalue weighted by Crippen LogP contribution is -2.48. The Hall–Kier alpha value is -3.81. The smallest absolute Gasteiger partial charge is 0.344 e. The fourth-order valence-corrected chi connectivity index (χ4v) is 3.53. The second kappa shape index (κ2) is 7.22. The van der Waals surface area contributed by atoms with E-state index in [0.29, 0.717) is 22.5 Å². The number of rotatable bonds is 5. The number of methoxy groups -OCH3 is 1. The van der Waals surface area contributed by atoms with Crippen LogP contribution in [0.25, 0.3) is 11.0 Å². The van der Waals surface area contributed by atoms with E-state index in [9.17, 15) is 14.4 Å². The molecule has 0 radical (unpaired) electrons. The van der Waals surface area contributed by atoms with Gasteiger partial charge in [-0.1, -0.05) is 24.3 Å². The van der Waals surface area contributed by atoms with Gasteiger partial charge in [0.25, 0.3) is 5.91 Å². The van der Waals surface area contributed by atoms with Gasteiger partial charge in [0.2, 0.25) is 5.91 Å². The first-order valence-electron chi connectivity index (χ1n) is 9.39. The van der Waals surface area contributed by atoms with Gasteiger partial charge in [0, 0.05) is 10.9 Å². The molecule has 0 bridgehead atoms. The molecule has 0 saturated carbocycles. The van der Waals surface area contributed by atoms with Crippen molar-refractivity contribution in [2.45, 2.75) is 25.8 Å². The molecule has 4 amide bonds. The molecular weight excluding hydrogens is 386 g/mol. The van der Waals surface area contributed by atoms with Gasteiger partial charge in [-0.25, -0.2) is 4.79 Å². The number of hydrogen-bond donors (Lipinski definition) is 2. The maximum Gasteiger partial charge on any atom is 0.344 e. The largest absolute Gasteiger partial charge is 0.497 e. The summed E-state index contributed by atoms with van der Waals surface area (Å²) in [5, 5.41) is 4.18. The Balaban J connectivity index is 1.50. The fraction of sp³-hybridized carbons (Fsp3) is 0.227. The van der Waals surface area contributed by atoms with E-state index < -0.39 is 23.4 Å². The van der Waals surface area contributed by atoms with E-state index in [2.05, 4.69) is 10.7 Å². The van der Waals surface area contributed by atoms with Crippen LogP contribution in [0.1, 0.15) is 23.6 Å². The van der Waals surface area contributed by atoms with Gasteiger partial charge in [-0.15, -0.1) is 0 Å². The summed E-state index contributed by atoms with van der Waals surface area (Å²) in [5.74, 6) is -0.439. The zero-order valence-electron chi connectivity index (χ0n) is 16.8. The van der Waals surface area contributed by atoms with Crippen molar-refractivity contribution in [1.29, 1.82) is 0 Å². The van der Waals surface area contributed by atoms with Crippen molar-refractivity contribution in [2.24, 2.45) is 0 Å². The average molecular weight is 407 g/mol. The fourth-order valence-electron chi connectivity index (χ4n) is 3.53. The minimum absolute atomic E-state index is 0.0353. The van der Waals surface area contributed by atoms with Gasteiger partial charge in [0.15, 0.2) is 0 Å². The molecule has 0 unspecified atom stereocenters. The molecule has 154 valence electrons. The molecule has 8 heteroatoms. The number of amides is 4. The van der Waals surface area contributed by atoms with E-state index in [1.807, 2.05) is 25.1 Å². The molecule has 30 heavy (non-hydrogen) atoms. The second-order valence-corrected chi connectivity index (χ2v) is 7.40. The van der Waals surface area contributed by atoms with Crippen molar-refractivity contribution >= 4 is 28.8 Å². The number of hydrazine groups is 1. The van der Waals surface area contributed by atoms with Crippen LogP contribution < -0.4 is 15.5 Å². The number of carbonyl (C=O) groups excluding carboxylic acids is 3. The SMILES string of the molecule is COc1ccc([C@@]2(C)NC(=O)N(NC(=O)Cc3coc4cc(C)ccc34)C2=O)cc1. The Morgan fingerprint density at radius 2 is 1.93 bits per heavy atom. The van der Waals surface area contributed by atoms with Gasteiger partial charge < -0.3 is 14.5 Å². The Labute approximate surface area is 172 Å². The number of carbonyl (C=O) groups is 3. The molecule has 2 N–H and O–H groups in total. The monoisotopic (exact) mass is 407 g/mol. The van der Waals surface area contributed by atoms with Crippen LogP contribution in [0.2, 0.25) is 0 Å². The molecule has 1 fully saturated rings. The van der Waals surface area contributed by atoms with E-state index in [0.717, 1.165) is 16.0 Å². The molecule has 4 rings (SSSR count). The van der Waals surface area contributed by atoms with Crippen molar-refractivity contribution in [3.05, 3.63) is 65.4 Å². The third-order valence-electron chi connectivity index (χ3n) is 5.26. The Morgan fingerprint density at radius 3 is 2.63 bits per heavy atom. The maximum absolute atomic E-state index is 13.0. The molecule has 1 aliphatic heterocycles. The molecule has 8 nitrogen and oxygen atoms in total. The highest BCUT2D eigenvalue weighted by atomic mass is 16.5. The van der Waals surface area contributed by atoms with E-state index in [1.165, 1.54) is 6.26 Å². The summed E-state index contributed by atoms with van der Waals surface area (Å²) < 4.78 is 10.6. The van der Waals surface area contributed by atoms with Crippen LogP contribution in [-0.4, -0.2) is 30.0 Å².